The number of nitrogens with one attached hydrogen (secondary N) is 1. The molecule has 0 atom stereocenters. The molecule has 1 aliphatic rings. The summed E-state index contributed by atoms with van der Waals surface area (Å²) in [6, 6.07) is 5.40. The Morgan fingerprint density at radius 3 is 2.73 bits per heavy atom. The Morgan fingerprint density at radius 1 is 1.23 bits per heavy atom. The molecule has 0 saturated heterocycles. The van der Waals surface area contributed by atoms with Crippen LogP contribution in [0.25, 0.3) is 0 Å². The van der Waals surface area contributed by atoms with Crippen LogP contribution >= 0.6 is 27.3 Å². The van der Waals surface area contributed by atoms with E-state index in [4.69, 9.17) is 9.47 Å². The zero-order valence-electron chi connectivity index (χ0n) is 17.7. The van der Waals surface area contributed by atoms with E-state index in [9.17, 15) is 9.59 Å². The highest BCUT2D eigenvalue weighted by atomic mass is 79.9. The average molecular weight is 494 g/mol. The number of carbonyl (C=O) groups is 2. The number of ether oxygens (including phenoxy) is 2. The quantitative estimate of drug-likeness (QED) is 0.441. The fourth-order valence-electron chi connectivity index (χ4n) is 3.45. The molecule has 0 radical (unpaired) electrons. The molecule has 0 saturated carbocycles. The second-order valence-electron chi connectivity index (χ2n) is 7.76. The molecule has 30 heavy (non-hydrogen) atoms. The van der Waals surface area contributed by atoms with Gasteiger partial charge < -0.3 is 14.8 Å². The summed E-state index contributed by atoms with van der Waals surface area (Å²) in [4.78, 5) is 27.0. The highest BCUT2D eigenvalue weighted by Gasteiger charge is 2.28. The monoisotopic (exact) mass is 493 g/mol. The summed E-state index contributed by atoms with van der Waals surface area (Å²) < 4.78 is 12.0. The summed E-state index contributed by atoms with van der Waals surface area (Å²) in [6.45, 7) is 6.90. The summed E-state index contributed by atoms with van der Waals surface area (Å²) in [7, 11) is 0. The van der Waals surface area contributed by atoms with Crippen molar-refractivity contribution in [3.8, 4) is 5.75 Å². The molecule has 1 aromatic carbocycles. The SMILES string of the molecule is CCOC(=O)c1c(NC(=O)c2cc(Br)ccc2OCCC(C)C)sc2c1CCCC2. The molecule has 1 heterocycles. The molecule has 1 N–H and O–H groups in total. The molecule has 0 fully saturated rings. The van der Waals surface area contributed by atoms with E-state index < -0.39 is 0 Å². The fraction of sp³-hybridized carbons (Fsp3) is 0.478. The molecule has 7 heteroatoms. The third kappa shape index (κ3) is 5.43. The molecular formula is C23H28BrNO4S. The Labute approximate surface area is 190 Å². The van der Waals surface area contributed by atoms with Crippen LogP contribution in [-0.2, 0) is 17.6 Å². The van der Waals surface area contributed by atoms with Gasteiger partial charge in [-0.1, -0.05) is 29.8 Å². The smallest absolute Gasteiger partial charge is 0.341 e. The van der Waals surface area contributed by atoms with Crippen molar-refractivity contribution >= 4 is 44.1 Å². The maximum absolute atomic E-state index is 13.2. The van der Waals surface area contributed by atoms with E-state index in [1.807, 2.05) is 6.07 Å². The van der Waals surface area contributed by atoms with Crippen LogP contribution in [0.15, 0.2) is 22.7 Å². The minimum absolute atomic E-state index is 0.292. The van der Waals surface area contributed by atoms with Crippen molar-refractivity contribution in [1.29, 1.82) is 0 Å². The molecule has 3 rings (SSSR count). The van der Waals surface area contributed by atoms with Crippen LogP contribution in [0.3, 0.4) is 0 Å². The molecule has 1 amide bonds. The Balaban J connectivity index is 1.88. The number of esters is 1. The van der Waals surface area contributed by atoms with Crippen LogP contribution in [0.2, 0.25) is 0 Å². The van der Waals surface area contributed by atoms with Crippen molar-refractivity contribution in [3.63, 3.8) is 0 Å². The Bertz CT molecular complexity index is 922. The Morgan fingerprint density at radius 2 is 2.00 bits per heavy atom. The van der Waals surface area contributed by atoms with Crippen molar-refractivity contribution in [2.75, 3.05) is 18.5 Å². The van der Waals surface area contributed by atoms with E-state index in [2.05, 4.69) is 35.1 Å². The number of rotatable bonds is 8. The van der Waals surface area contributed by atoms with Crippen molar-refractivity contribution in [3.05, 3.63) is 44.2 Å². The lowest BCUT2D eigenvalue weighted by molar-refractivity contribution is 0.0526. The lowest BCUT2D eigenvalue weighted by Gasteiger charge is -2.14. The third-order valence-corrected chi connectivity index (χ3v) is 6.72. The van der Waals surface area contributed by atoms with Crippen LogP contribution in [0.4, 0.5) is 5.00 Å². The van der Waals surface area contributed by atoms with Gasteiger partial charge in [-0.05, 0) is 68.7 Å². The first-order chi connectivity index (χ1) is 14.4. The van der Waals surface area contributed by atoms with Gasteiger partial charge in [0.25, 0.3) is 5.91 Å². The molecule has 0 bridgehead atoms. The summed E-state index contributed by atoms with van der Waals surface area (Å²) in [5, 5.41) is 3.54. The molecule has 0 aliphatic heterocycles. The third-order valence-electron chi connectivity index (χ3n) is 5.02. The zero-order chi connectivity index (χ0) is 21.7. The number of benzene rings is 1. The molecule has 1 aromatic heterocycles. The van der Waals surface area contributed by atoms with Gasteiger partial charge in [0.2, 0.25) is 0 Å². The maximum Gasteiger partial charge on any atom is 0.341 e. The van der Waals surface area contributed by atoms with Crippen molar-refractivity contribution in [2.24, 2.45) is 5.92 Å². The predicted molar refractivity (Wildman–Crippen MR) is 124 cm³/mol. The molecule has 0 spiro atoms. The van der Waals surface area contributed by atoms with Gasteiger partial charge in [0.05, 0.1) is 24.3 Å². The van der Waals surface area contributed by atoms with E-state index in [1.165, 1.54) is 16.2 Å². The first-order valence-electron chi connectivity index (χ1n) is 10.5. The second kappa shape index (κ2) is 10.4. The van der Waals surface area contributed by atoms with Crippen molar-refractivity contribution in [1.82, 2.24) is 0 Å². The van der Waals surface area contributed by atoms with E-state index in [0.29, 0.717) is 41.0 Å². The maximum atomic E-state index is 13.2. The van der Waals surface area contributed by atoms with E-state index in [-0.39, 0.29) is 11.9 Å². The van der Waals surface area contributed by atoms with Crippen LogP contribution < -0.4 is 10.1 Å². The summed E-state index contributed by atoms with van der Waals surface area (Å²) in [6.07, 6.45) is 4.83. The first kappa shape index (κ1) is 22.8. The van der Waals surface area contributed by atoms with Gasteiger partial charge >= 0.3 is 5.97 Å². The normalized spacial score (nSPS) is 13.1. The molecule has 1 aliphatic carbocycles. The number of thiophene rings is 1. The fourth-order valence-corrected chi connectivity index (χ4v) is 5.09. The number of hydrogen-bond acceptors (Lipinski definition) is 5. The lowest BCUT2D eigenvalue weighted by atomic mass is 9.95. The van der Waals surface area contributed by atoms with Crippen molar-refractivity contribution in [2.45, 2.75) is 52.9 Å². The molecule has 0 unspecified atom stereocenters. The predicted octanol–water partition coefficient (Wildman–Crippen LogP) is 6.24. The van der Waals surface area contributed by atoms with Gasteiger partial charge in [-0.25, -0.2) is 4.79 Å². The number of amides is 1. The highest BCUT2D eigenvalue weighted by Crippen LogP contribution is 2.39. The number of carbonyl (C=O) groups excluding carboxylic acids is 2. The van der Waals surface area contributed by atoms with Gasteiger partial charge in [0.1, 0.15) is 10.8 Å². The van der Waals surface area contributed by atoms with Crippen LogP contribution in [0, 0.1) is 5.92 Å². The molecule has 162 valence electrons. The largest absolute Gasteiger partial charge is 0.493 e. The van der Waals surface area contributed by atoms with Crippen molar-refractivity contribution < 1.29 is 19.1 Å². The average Bonchev–Trinajstić information content (AvgIpc) is 3.06. The number of fused-ring (bicyclic) bond motifs is 1. The van der Waals surface area contributed by atoms with Crippen LogP contribution in [0.5, 0.6) is 5.75 Å². The number of hydrogen-bond donors (Lipinski definition) is 1. The van der Waals surface area contributed by atoms with E-state index in [1.54, 1.807) is 19.1 Å². The van der Waals surface area contributed by atoms with Crippen LogP contribution in [0.1, 0.15) is 71.2 Å². The van der Waals surface area contributed by atoms with E-state index >= 15 is 0 Å². The first-order valence-corrected chi connectivity index (χ1v) is 12.1. The molecular weight excluding hydrogens is 466 g/mol. The van der Waals surface area contributed by atoms with Crippen LogP contribution in [-0.4, -0.2) is 25.1 Å². The van der Waals surface area contributed by atoms with E-state index in [0.717, 1.165) is 42.1 Å². The number of aryl methyl sites for hydroxylation is 1. The Hall–Kier alpha value is -1.86. The van der Waals surface area contributed by atoms with Gasteiger partial charge in [0, 0.05) is 9.35 Å². The van der Waals surface area contributed by atoms with Gasteiger partial charge in [-0.15, -0.1) is 11.3 Å². The molecule has 5 nitrogen and oxygen atoms in total. The molecule has 2 aromatic rings. The topological polar surface area (TPSA) is 64.6 Å². The Kier molecular flexibility index (Phi) is 7.94. The number of halogens is 1. The lowest BCUT2D eigenvalue weighted by Crippen LogP contribution is -2.17. The van der Waals surface area contributed by atoms with Gasteiger partial charge in [-0.3, -0.25) is 4.79 Å². The minimum atomic E-state index is -0.366. The summed E-state index contributed by atoms with van der Waals surface area (Å²) >= 11 is 4.92. The zero-order valence-corrected chi connectivity index (χ0v) is 20.1. The second-order valence-corrected chi connectivity index (χ2v) is 9.78. The minimum Gasteiger partial charge on any atom is -0.493 e. The summed E-state index contributed by atoms with van der Waals surface area (Å²) in [5.74, 6) is 0.396. The highest BCUT2D eigenvalue weighted by molar-refractivity contribution is 9.10. The summed E-state index contributed by atoms with van der Waals surface area (Å²) in [5.41, 5.74) is 1.99. The number of anilines is 1. The standard InChI is InChI=1S/C23H28BrNO4S/c1-4-28-23(27)20-16-7-5-6-8-19(16)30-22(20)25-21(26)17-13-15(24)9-10-18(17)29-12-11-14(2)3/h9-10,13-14H,4-8,11-12H2,1-3H3,(H,25,26). The van der Waals surface area contributed by atoms with Gasteiger partial charge in [-0.2, -0.15) is 0 Å². The van der Waals surface area contributed by atoms with Gasteiger partial charge in [0.15, 0.2) is 0 Å².